The Bertz CT molecular complexity index is 356. The third kappa shape index (κ3) is 2.84. The number of carboxylic acid groups (broad SMARTS) is 1. The number of amides is 2. The van der Waals surface area contributed by atoms with E-state index < -0.39 is 23.3 Å². The number of piperidine rings is 1. The van der Waals surface area contributed by atoms with Crippen molar-refractivity contribution in [2.24, 2.45) is 17.3 Å². The third-order valence-corrected chi connectivity index (χ3v) is 2.98. The summed E-state index contributed by atoms with van der Waals surface area (Å²) in [6.07, 6.45) is -0.827. The summed E-state index contributed by atoms with van der Waals surface area (Å²) < 4.78 is 0. The van der Waals surface area contributed by atoms with Crippen LogP contribution in [0.25, 0.3) is 0 Å². The molecule has 0 radical (unpaired) electrons. The molecule has 0 aromatic rings. The van der Waals surface area contributed by atoms with Crippen LogP contribution in [-0.4, -0.2) is 34.3 Å². The van der Waals surface area contributed by atoms with Gasteiger partial charge in [0.25, 0.3) is 0 Å². The molecule has 5 nitrogen and oxygen atoms in total. The predicted molar refractivity (Wildman–Crippen MR) is 61.5 cm³/mol. The van der Waals surface area contributed by atoms with Crippen molar-refractivity contribution < 1.29 is 19.5 Å². The minimum atomic E-state index is -1.27. The Hall–Kier alpha value is -1.39. The van der Waals surface area contributed by atoms with Crippen molar-refractivity contribution in [1.82, 2.24) is 4.90 Å². The number of carbonyl (C=O) groups excluding carboxylic acids is 2. The lowest BCUT2D eigenvalue weighted by molar-refractivity contribution is -0.147. The quantitative estimate of drug-likeness (QED) is 0.710. The zero-order valence-electron chi connectivity index (χ0n) is 10.7. The first-order chi connectivity index (χ1) is 7.64. The Labute approximate surface area is 101 Å². The van der Waals surface area contributed by atoms with Gasteiger partial charge in [0, 0.05) is 12.0 Å². The fourth-order valence-corrected chi connectivity index (χ4v) is 2.08. The summed E-state index contributed by atoms with van der Waals surface area (Å²) in [5.41, 5.74) is -0.623. The standard InChI is InChI=1S/C12H19NO4/c1-7-5-8(9(14)12(2,3)4)10(15)13(6-7)11(16)17/h7-8H,5-6H2,1-4H3,(H,16,17). The second-order valence-corrected chi connectivity index (χ2v) is 5.74. The molecule has 0 aromatic heterocycles. The molecule has 2 amide bonds. The number of hydrogen-bond acceptors (Lipinski definition) is 3. The van der Waals surface area contributed by atoms with Crippen LogP contribution < -0.4 is 0 Å². The fourth-order valence-electron chi connectivity index (χ4n) is 2.08. The number of ketones is 1. The molecule has 17 heavy (non-hydrogen) atoms. The summed E-state index contributed by atoms with van der Waals surface area (Å²) in [7, 11) is 0. The highest BCUT2D eigenvalue weighted by atomic mass is 16.4. The van der Waals surface area contributed by atoms with Crippen LogP contribution in [0.3, 0.4) is 0 Å². The average Bonchev–Trinajstić information content (AvgIpc) is 2.18. The van der Waals surface area contributed by atoms with E-state index in [9.17, 15) is 14.4 Å². The Balaban J connectivity index is 2.96. The molecule has 5 heteroatoms. The highest BCUT2D eigenvalue weighted by molar-refractivity contribution is 6.07. The Kier molecular flexibility index (Phi) is 3.59. The van der Waals surface area contributed by atoms with E-state index in [1.807, 2.05) is 6.92 Å². The first-order valence-electron chi connectivity index (χ1n) is 5.73. The second kappa shape index (κ2) is 4.47. The number of rotatable bonds is 1. The van der Waals surface area contributed by atoms with Gasteiger partial charge in [-0.15, -0.1) is 0 Å². The molecule has 1 fully saturated rings. The smallest absolute Gasteiger partial charge is 0.414 e. The van der Waals surface area contributed by atoms with Crippen molar-refractivity contribution in [3.8, 4) is 0 Å². The molecule has 1 saturated heterocycles. The molecule has 0 spiro atoms. The predicted octanol–water partition coefficient (Wildman–Crippen LogP) is 1.76. The molecule has 96 valence electrons. The van der Waals surface area contributed by atoms with Crippen LogP contribution in [0, 0.1) is 17.3 Å². The van der Waals surface area contributed by atoms with E-state index in [1.165, 1.54) is 0 Å². The average molecular weight is 241 g/mol. The molecule has 2 atom stereocenters. The molecule has 0 aromatic carbocycles. The molecule has 1 aliphatic rings. The number of nitrogens with zero attached hydrogens (tertiary/aromatic N) is 1. The Morgan fingerprint density at radius 2 is 1.88 bits per heavy atom. The minimum absolute atomic E-state index is 0.0279. The van der Waals surface area contributed by atoms with Crippen molar-refractivity contribution >= 4 is 17.8 Å². The van der Waals surface area contributed by atoms with Gasteiger partial charge >= 0.3 is 6.09 Å². The number of Topliss-reactive ketones (excluding diaryl/α,β-unsaturated/α-hetero) is 1. The molecular formula is C12H19NO4. The lowest BCUT2D eigenvalue weighted by Gasteiger charge is -2.34. The van der Waals surface area contributed by atoms with Gasteiger partial charge in [-0.1, -0.05) is 27.7 Å². The summed E-state index contributed by atoms with van der Waals surface area (Å²) in [6, 6.07) is 0. The Morgan fingerprint density at radius 1 is 1.35 bits per heavy atom. The summed E-state index contributed by atoms with van der Waals surface area (Å²) in [6.45, 7) is 7.26. The summed E-state index contributed by atoms with van der Waals surface area (Å²) in [5, 5.41) is 8.92. The van der Waals surface area contributed by atoms with E-state index in [1.54, 1.807) is 20.8 Å². The number of carbonyl (C=O) groups is 3. The highest BCUT2D eigenvalue weighted by Crippen LogP contribution is 2.30. The van der Waals surface area contributed by atoms with Crippen LogP contribution in [-0.2, 0) is 9.59 Å². The SMILES string of the molecule is CC1CC(C(=O)C(C)(C)C)C(=O)N(C(=O)O)C1. The van der Waals surface area contributed by atoms with Crippen molar-refractivity contribution in [1.29, 1.82) is 0 Å². The maximum absolute atomic E-state index is 12.1. The molecule has 1 heterocycles. The van der Waals surface area contributed by atoms with Gasteiger partial charge in [0.05, 0.1) is 5.92 Å². The molecule has 0 bridgehead atoms. The van der Waals surface area contributed by atoms with Gasteiger partial charge < -0.3 is 5.11 Å². The van der Waals surface area contributed by atoms with Crippen molar-refractivity contribution in [2.75, 3.05) is 6.54 Å². The lowest BCUT2D eigenvalue weighted by Crippen LogP contribution is -2.51. The lowest BCUT2D eigenvalue weighted by atomic mass is 9.77. The molecule has 1 N–H and O–H groups in total. The molecular weight excluding hydrogens is 222 g/mol. The second-order valence-electron chi connectivity index (χ2n) is 5.74. The summed E-state index contributed by atoms with van der Waals surface area (Å²) >= 11 is 0. The van der Waals surface area contributed by atoms with Gasteiger partial charge in [0.15, 0.2) is 5.78 Å². The minimum Gasteiger partial charge on any atom is -0.465 e. The summed E-state index contributed by atoms with van der Waals surface area (Å²) in [4.78, 5) is 35.7. The van der Waals surface area contributed by atoms with E-state index in [2.05, 4.69) is 0 Å². The summed E-state index contributed by atoms with van der Waals surface area (Å²) in [5.74, 6) is -1.54. The normalized spacial score (nSPS) is 25.9. The number of likely N-dealkylation sites (tertiary alicyclic amines) is 1. The van der Waals surface area contributed by atoms with Gasteiger partial charge in [0.1, 0.15) is 0 Å². The van der Waals surface area contributed by atoms with Crippen molar-refractivity contribution in [3.05, 3.63) is 0 Å². The van der Waals surface area contributed by atoms with E-state index in [4.69, 9.17) is 5.11 Å². The van der Waals surface area contributed by atoms with Crippen molar-refractivity contribution in [3.63, 3.8) is 0 Å². The molecule has 1 aliphatic heterocycles. The Morgan fingerprint density at radius 3 is 2.29 bits per heavy atom. The van der Waals surface area contributed by atoms with Gasteiger partial charge in [-0.05, 0) is 12.3 Å². The van der Waals surface area contributed by atoms with Crippen molar-refractivity contribution in [2.45, 2.75) is 34.1 Å². The molecule has 0 aliphatic carbocycles. The molecule has 0 saturated carbocycles. The number of hydrogen-bond donors (Lipinski definition) is 1. The largest absolute Gasteiger partial charge is 0.465 e. The van der Waals surface area contributed by atoms with Gasteiger partial charge in [-0.2, -0.15) is 0 Å². The van der Waals surface area contributed by atoms with Gasteiger partial charge in [0.2, 0.25) is 5.91 Å². The van der Waals surface area contributed by atoms with Crippen LogP contribution in [0.2, 0.25) is 0 Å². The zero-order chi connectivity index (χ0) is 13.4. The zero-order valence-corrected chi connectivity index (χ0v) is 10.7. The first kappa shape index (κ1) is 13.7. The van der Waals surface area contributed by atoms with E-state index >= 15 is 0 Å². The maximum Gasteiger partial charge on any atom is 0.414 e. The van der Waals surface area contributed by atoms with E-state index in [0.717, 1.165) is 4.90 Å². The molecule has 1 rings (SSSR count). The van der Waals surface area contributed by atoms with Crippen LogP contribution in [0.4, 0.5) is 4.79 Å². The molecule has 2 unspecified atom stereocenters. The van der Waals surface area contributed by atoms with Gasteiger partial charge in [-0.25, -0.2) is 9.69 Å². The van der Waals surface area contributed by atoms with E-state index in [0.29, 0.717) is 6.42 Å². The third-order valence-electron chi connectivity index (χ3n) is 2.98. The number of imide groups is 1. The maximum atomic E-state index is 12.1. The topological polar surface area (TPSA) is 74.7 Å². The fraction of sp³-hybridized carbons (Fsp3) is 0.750. The van der Waals surface area contributed by atoms with Gasteiger partial charge in [-0.3, -0.25) is 9.59 Å². The monoisotopic (exact) mass is 241 g/mol. The van der Waals surface area contributed by atoms with Crippen LogP contribution in [0.5, 0.6) is 0 Å². The van der Waals surface area contributed by atoms with Crippen LogP contribution >= 0.6 is 0 Å². The van der Waals surface area contributed by atoms with E-state index in [-0.39, 0.29) is 18.2 Å². The van der Waals surface area contributed by atoms with Crippen LogP contribution in [0.1, 0.15) is 34.1 Å². The first-order valence-corrected chi connectivity index (χ1v) is 5.73. The highest BCUT2D eigenvalue weighted by Gasteiger charge is 2.43. The van der Waals surface area contributed by atoms with Crippen LogP contribution in [0.15, 0.2) is 0 Å².